The number of allylic oxidation sites excluding steroid dienone is 1. The predicted molar refractivity (Wildman–Crippen MR) is 89.6 cm³/mol. The number of fused-ring (bicyclic) bond motifs is 1. The molecule has 0 radical (unpaired) electrons. The second-order valence-corrected chi connectivity index (χ2v) is 5.45. The van der Waals surface area contributed by atoms with Gasteiger partial charge in [0.2, 0.25) is 18.0 Å². The van der Waals surface area contributed by atoms with Crippen LogP contribution in [-0.4, -0.2) is 5.78 Å². The molecule has 0 aliphatic rings. The maximum Gasteiger partial charge on any atom is 0.227 e. The van der Waals surface area contributed by atoms with Crippen LogP contribution in [0, 0.1) is 0 Å². The number of ketones is 1. The summed E-state index contributed by atoms with van der Waals surface area (Å²) in [5.41, 5.74) is 2.70. The normalized spacial score (nSPS) is 10.6. The minimum Gasteiger partial charge on any atom is -0.287 e. The van der Waals surface area contributed by atoms with Crippen molar-refractivity contribution >= 4 is 22.1 Å². The summed E-state index contributed by atoms with van der Waals surface area (Å²) in [6.45, 7) is 6.38. The summed E-state index contributed by atoms with van der Waals surface area (Å²) in [6.07, 6.45) is 1.97. The van der Waals surface area contributed by atoms with Crippen LogP contribution in [0.25, 0.3) is 16.3 Å². The third-order valence-corrected chi connectivity index (χ3v) is 3.75. The molecule has 1 heterocycles. The fourth-order valence-electron chi connectivity index (χ4n) is 2.73. The van der Waals surface area contributed by atoms with Crippen molar-refractivity contribution in [1.82, 2.24) is 0 Å². The molecule has 0 saturated carbocycles. The van der Waals surface area contributed by atoms with Gasteiger partial charge in [0.1, 0.15) is 0 Å². The van der Waals surface area contributed by atoms with E-state index in [0.29, 0.717) is 6.54 Å². The third-order valence-electron chi connectivity index (χ3n) is 3.75. The lowest BCUT2D eigenvalue weighted by atomic mass is 10.0. The largest absolute Gasteiger partial charge is 0.287 e. The lowest BCUT2D eigenvalue weighted by Gasteiger charge is -2.07. The Labute approximate surface area is 130 Å². The summed E-state index contributed by atoms with van der Waals surface area (Å²) >= 11 is 0. The Kier molecular flexibility index (Phi) is 3.84. The number of hydrogen-bond donors (Lipinski definition) is 0. The highest BCUT2D eigenvalue weighted by Gasteiger charge is 2.19. The maximum atomic E-state index is 12.5. The molecular weight excluding hydrogens is 270 g/mol. The molecule has 0 aliphatic heterocycles. The Morgan fingerprint density at radius 3 is 2.41 bits per heavy atom. The van der Waals surface area contributed by atoms with E-state index in [-0.39, 0.29) is 5.78 Å². The summed E-state index contributed by atoms with van der Waals surface area (Å²) in [5, 5.41) is 2.28. The first-order valence-electron chi connectivity index (χ1n) is 7.32. The van der Waals surface area contributed by atoms with Gasteiger partial charge in [0.25, 0.3) is 0 Å². The summed E-state index contributed by atoms with van der Waals surface area (Å²) in [5.74, 6) is 0.100. The van der Waals surface area contributed by atoms with Crippen LogP contribution in [0.3, 0.4) is 0 Å². The molecule has 3 rings (SSSR count). The Bertz CT molecular complexity index is 850. The van der Waals surface area contributed by atoms with Gasteiger partial charge in [-0.25, -0.2) is 0 Å². The molecule has 0 aliphatic carbocycles. The van der Waals surface area contributed by atoms with Crippen molar-refractivity contribution in [3.63, 3.8) is 0 Å². The van der Waals surface area contributed by atoms with Gasteiger partial charge in [-0.2, -0.15) is 4.57 Å². The van der Waals surface area contributed by atoms with Crippen molar-refractivity contribution < 1.29 is 9.36 Å². The molecule has 2 heteroatoms. The summed E-state index contributed by atoms with van der Waals surface area (Å²) in [7, 11) is 0. The van der Waals surface area contributed by atoms with E-state index in [1.807, 2.05) is 66.2 Å². The van der Waals surface area contributed by atoms with Gasteiger partial charge in [-0.15, -0.1) is 0 Å². The first kappa shape index (κ1) is 14.2. The van der Waals surface area contributed by atoms with Crippen molar-refractivity contribution in [2.45, 2.75) is 13.5 Å². The Morgan fingerprint density at radius 2 is 1.68 bits per heavy atom. The minimum absolute atomic E-state index is 0.100. The average molecular weight is 288 g/mol. The highest BCUT2D eigenvalue weighted by Crippen LogP contribution is 2.20. The van der Waals surface area contributed by atoms with Gasteiger partial charge >= 0.3 is 0 Å². The second kappa shape index (κ2) is 5.94. The molecule has 0 fully saturated rings. The maximum absolute atomic E-state index is 12.5. The van der Waals surface area contributed by atoms with Crippen molar-refractivity contribution in [1.29, 1.82) is 0 Å². The van der Waals surface area contributed by atoms with E-state index in [2.05, 4.69) is 18.7 Å². The first-order chi connectivity index (χ1) is 10.7. The summed E-state index contributed by atoms with van der Waals surface area (Å²) in [6, 6.07) is 19.6. The average Bonchev–Trinajstić information content (AvgIpc) is 2.55. The number of rotatable bonds is 4. The van der Waals surface area contributed by atoms with Crippen LogP contribution < -0.4 is 4.57 Å². The van der Waals surface area contributed by atoms with Crippen molar-refractivity contribution in [3.8, 4) is 0 Å². The van der Waals surface area contributed by atoms with Crippen molar-refractivity contribution in [3.05, 3.63) is 84.7 Å². The van der Waals surface area contributed by atoms with E-state index < -0.39 is 0 Å². The smallest absolute Gasteiger partial charge is 0.227 e. The van der Waals surface area contributed by atoms with Gasteiger partial charge in [0.15, 0.2) is 6.20 Å². The fourth-order valence-corrected chi connectivity index (χ4v) is 2.73. The van der Waals surface area contributed by atoms with Gasteiger partial charge in [-0.05, 0) is 18.4 Å². The number of benzene rings is 2. The van der Waals surface area contributed by atoms with Crippen LogP contribution in [0.2, 0.25) is 0 Å². The number of carbonyl (C=O) groups is 1. The third kappa shape index (κ3) is 2.68. The van der Waals surface area contributed by atoms with Gasteiger partial charge in [-0.3, -0.25) is 4.79 Å². The molecule has 0 atom stereocenters. The van der Waals surface area contributed by atoms with Gasteiger partial charge in [0, 0.05) is 17.2 Å². The van der Waals surface area contributed by atoms with E-state index in [9.17, 15) is 4.79 Å². The second-order valence-electron chi connectivity index (χ2n) is 5.45. The SMILES string of the molecule is C=C(C)c1c2ccccc2cc[n+]1CC(=O)c1ccccc1. The van der Waals surface area contributed by atoms with E-state index in [0.717, 1.165) is 27.6 Å². The molecule has 0 N–H and O–H groups in total. The van der Waals surface area contributed by atoms with Crippen LogP contribution in [-0.2, 0) is 6.54 Å². The number of pyridine rings is 1. The van der Waals surface area contributed by atoms with E-state index in [4.69, 9.17) is 0 Å². The number of hydrogen-bond acceptors (Lipinski definition) is 1. The standard InChI is InChI=1S/C20H18NO/c1-15(2)20-18-11-7-6-8-16(18)12-13-21(20)14-19(22)17-9-4-3-5-10-17/h3-13H,1,14H2,2H3/q+1. The van der Waals surface area contributed by atoms with Crippen LogP contribution in [0.4, 0.5) is 0 Å². The Balaban J connectivity index is 2.06. The Morgan fingerprint density at radius 1 is 1.00 bits per heavy atom. The highest BCUT2D eigenvalue weighted by molar-refractivity contribution is 5.95. The van der Waals surface area contributed by atoms with Crippen LogP contribution in [0.5, 0.6) is 0 Å². The first-order valence-corrected chi connectivity index (χ1v) is 7.32. The van der Waals surface area contributed by atoms with E-state index in [1.54, 1.807) is 0 Å². The molecule has 22 heavy (non-hydrogen) atoms. The molecule has 2 aromatic carbocycles. The number of aromatic nitrogens is 1. The Hall–Kier alpha value is -2.74. The van der Waals surface area contributed by atoms with Crippen LogP contribution >= 0.6 is 0 Å². The number of carbonyl (C=O) groups excluding carboxylic acids is 1. The van der Waals surface area contributed by atoms with Gasteiger partial charge < -0.3 is 0 Å². The molecule has 2 nitrogen and oxygen atoms in total. The van der Waals surface area contributed by atoms with Crippen LogP contribution in [0.15, 0.2) is 73.4 Å². The topological polar surface area (TPSA) is 20.9 Å². The predicted octanol–water partition coefficient (Wildman–Crippen LogP) is 4.04. The van der Waals surface area contributed by atoms with Gasteiger partial charge in [0.05, 0.1) is 5.39 Å². The molecule has 3 aromatic rings. The van der Waals surface area contributed by atoms with Gasteiger partial charge in [-0.1, -0.05) is 55.1 Å². The van der Waals surface area contributed by atoms with E-state index in [1.165, 1.54) is 0 Å². The fraction of sp³-hybridized carbons (Fsp3) is 0.100. The molecule has 0 spiro atoms. The molecule has 108 valence electrons. The molecule has 0 saturated heterocycles. The molecule has 0 bridgehead atoms. The molecule has 1 aromatic heterocycles. The minimum atomic E-state index is 0.100. The lowest BCUT2D eigenvalue weighted by Crippen LogP contribution is -2.41. The number of Topliss-reactive ketones (excluding diaryl/α,β-unsaturated/α-hetero) is 1. The van der Waals surface area contributed by atoms with Crippen molar-refractivity contribution in [2.24, 2.45) is 0 Å². The summed E-state index contributed by atoms with van der Waals surface area (Å²) in [4.78, 5) is 12.5. The number of nitrogens with zero attached hydrogens (tertiary/aromatic N) is 1. The quantitative estimate of drug-likeness (QED) is 0.524. The highest BCUT2D eigenvalue weighted by atomic mass is 16.1. The monoisotopic (exact) mass is 288 g/mol. The van der Waals surface area contributed by atoms with Crippen LogP contribution in [0.1, 0.15) is 23.0 Å². The van der Waals surface area contributed by atoms with Crippen molar-refractivity contribution in [2.75, 3.05) is 0 Å². The zero-order chi connectivity index (χ0) is 15.5. The van der Waals surface area contributed by atoms with E-state index >= 15 is 0 Å². The zero-order valence-corrected chi connectivity index (χ0v) is 12.6. The zero-order valence-electron chi connectivity index (χ0n) is 12.6. The lowest BCUT2D eigenvalue weighted by molar-refractivity contribution is -0.684. The molecule has 0 amide bonds. The molecule has 0 unspecified atom stereocenters. The molecular formula is C20H18NO+. The summed E-state index contributed by atoms with van der Waals surface area (Å²) < 4.78 is 1.99.